The zero-order valence-corrected chi connectivity index (χ0v) is 12.6. The third-order valence-corrected chi connectivity index (χ3v) is 4.01. The summed E-state index contributed by atoms with van der Waals surface area (Å²) in [6.45, 7) is 7.43. The summed E-state index contributed by atoms with van der Waals surface area (Å²) in [5.74, 6) is 0. The highest BCUT2D eigenvalue weighted by Gasteiger charge is 2.05. The topological polar surface area (TPSA) is 12.0 Å². The van der Waals surface area contributed by atoms with E-state index in [1.807, 2.05) is 11.8 Å². The highest BCUT2D eigenvalue weighted by atomic mass is 32.2. The molecule has 2 aromatic rings. The molecular formula is C17H21NS. The van der Waals surface area contributed by atoms with E-state index in [2.05, 4.69) is 74.6 Å². The van der Waals surface area contributed by atoms with Crippen LogP contribution in [0.4, 0.5) is 0 Å². The van der Waals surface area contributed by atoms with Gasteiger partial charge in [0.15, 0.2) is 0 Å². The number of rotatable bonds is 5. The number of hydrogen-bond donors (Lipinski definition) is 1. The van der Waals surface area contributed by atoms with Crippen LogP contribution in [0, 0.1) is 6.92 Å². The Morgan fingerprint density at radius 2 is 1.79 bits per heavy atom. The van der Waals surface area contributed by atoms with Crippen molar-refractivity contribution >= 4 is 11.8 Å². The summed E-state index contributed by atoms with van der Waals surface area (Å²) in [6.07, 6.45) is 0. The summed E-state index contributed by atoms with van der Waals surface area (Å²) in [5, 5.41) is 3.50. The first-order chi connectivity index (χ1) is 9.15. The van der Waals surface area contributed by atoms with Gasteiger partial charge >= 0.3 is 0 Å². The van der Waals surface area contributed by atoms with Crippen LogP contribution in [0.25, 0.3) is 0 Å². The summed E-state index contributed by atoms with van der Waals surface area (Å²) < 4.78 is 0. The van der Waals surface area contributed by atoms with Gasteiger partial charge in [-0.25, -0.2) is 0 Å². The molecule has 0 atom stereocenters. The Bertz CT molecular complexity index is 520. The molecule has 100 valence electrons. The SMILES string of the molecule is Cc1ccc(Sc2ccccc2)c(CNC(C)C)c1. The lowest BCUT2D eigenvalue weighted by molar-refractivity contribution is 0.584. The number of hydrogen-bond acceptors (Lipinski definition) is 2. The first-order valence-electron chi connectivity index (χ1n) is 6.71. The zero-order chi connectivity index (χ0) is 13.7. The molecule has 19 heavy (non-hydrogen) atoms. The van der Waals surface area contributed by atoms with Crippen molar-refractivity contribution in [1.29, 1.82) is 0 Å². The van der Waals surface area contributed by atoms with Gasteiger partial charge in [-0.1, -0.05) is 61.5 Å². The van der Waals surface area contributed by atoms with Gasteiger partial charge in [0.2, 0.25) is 0 Å². The van der Waals surface area contributed by atoms with Crippen LogP contribution in [-0.2, 0) is 6.54 Å². The Balaban J connectivity index is 2.19. The summed E-state index contributed by atoms with van der Waals surface area (Å²) in [4.78, 5) is 2.63. The van der Waals surface area contributed by atoms with Crippen LogP contribution >= 0.6 is 11.8 Å². The Morgan fingerprint density at radius 3 is 2.47 bits per heavy atom. The van der Waals surface area contributed by atoms with Crippen LogP contribution in [0.3, 0.4) is 0 Å². The number of nitrogens with one attached hydrogen (secondary N) is 1. The summed E-state index contributed by atoms with van der Waals surface area (Å²) in [7, 11) is 0. The van der Waals surface area contributed by atoms with Gasteiger partial charge in [-0.15, -0.1) is 0 Å². The van der Waals surface area contributed by atoms with Gasteiger partial charge in [0.1, 0.15) is 0 Å². The van der Waals surface area contributed by atoms with Crippen LogP contribution in [0.1, 0.15) is 25.0 Å². The van der Waals surface area contributed by atoms with Crippen LogP contribution in [0.15, 0.2) is 58.3 Å². The molecule has 0 aliphatic rings. The van der Waals surface area contributed by atoms with Gasteiger partial charge in [0, 0.05) is 22.4 Å². The van der Waals surface area contributed by atoms with Gasteiger partial charge in [0.05, 0.1) is 0 Å². The van der Waals surface area contributed by atoms with Crippen molar-refractivity contribution in [2.75, 3.05) is 0 Å². The molecule has 0 bridgehead atoms. The number of aryl methyl sites for hydroxylation is 1. The van der Waals surface area contributed by atoms with Crippen molar-refractivity contribution in [3.8, 4) is 0 Å². The minimum absolute atomic E-state index is 0.509. The first-order valence-corrected chi connectivity index (χ1v) is 7.52. The molecule has 1 nitrogen and oxygen atoms in total. The summed E-state index contributed by atoms with van der Waals surface area (Å²) in [6, 6.07) is 17.7. The van der Waals surface area contributed by atoms with E-state index in [-0.39, 0.29) is 0 Å². The smallest absolute Gasteiger partial charge is 0.0219 e. The van der Waals surface area contributed by atoms with Gasteiger partial charge in [-0.05, 0) is 30.7 Å². The van der Waals surface area contributed by atoms with Crippen molar-refractivity contribution in [2.24, 2.45) is 0 Å². The van der Waals surface area contributed by atoms with Crippen LogP contribution in [-0.4, -0.2) is 6.04 Å². The van der Waals surface area contributed by atoms with E-state index < -0.39 is 0 Å². The first kappa shape index (κ1) is 14.2. The average Bonchev–Trinajstić information content (AvgIpc) is 2.40. The molecule has 0 spiro atoms. The summed E-state index contributed by atoms with van der Waals surface area (Å²) in [5.41, 5.74) is 2.69. The highest BCUT2D eigenvalue weighted by Crippen LogP contribution is 2.30. The molecule has 1 N–H and O–H groups in total. The molecule has 0 amide bonds. The molecule has 0 aliphatic carbocycles. The predicted octanol–water partition coefficient (Wildman–Crippen LogP) is 4.64. The van der Waals surface area contributed by atoms with Gasteiger partial charge in [-0.3, -0.25) is 0 Å². The fraction of sp³-hybridized carbons (Fsp3) is 0.294. The van der Waals surface area contributed by atoms with E-state index in [0.717, 1.165) is 6.54 Å². The van der Waals surface area contributed by atoms with Crippen molar-refractivity contribution in [1.82, 2.24) is 5.32 Å². The maximum Gasteiger partial charge on any atom is 0.0219 e. The van der Waals surface area contributed by atoms with E-state index in [4.69, 9.17) is 0 Å². The van der Waals surface area contributed by atoms with Crippen molar-refractivity contribution in [3.05, 3.63) is 59.7 Å². The molecule has 2 heteroatoms. The molecule has 0 heterocycles. The van der Waals surface area contributed by atoms with E-state index in [9.17, 15) is 0 Å². The fourth-order valence-electron chi connectivity index (χ4n) is 1.88. The Hall–Kier alpha value is -1.25. The second kappa shape index (κ2) is 6.78. The second-order valence-corrected chi connectivity index (χ2v) is 6.18. The van der Waals surface area contributed by atoms with E-state index >= 15 is 0 Å². The van der Waals surface area contributed by atoms with Gasteiger partial charge < -0.3 is 5.32 Å². The van der Waals surface area contributed by atoms with Crippen molar-refractivity contribution in [3.63, 3.8) is 0 Å². The van der Waals surface area contributed by atoms with Crippen LogP contribution in [0.5, 0.6) is 0 Å². The molecular weight excluding hydrogens is 250 g/mol. The monoisotopic (exact) mass is 271 g/mol. The molecule has 0 aromatic heterocycles. The molecule has 2 rings (SSSR count). The lowest BCUT2D eigenvalue weighted by atomic mass is 10.1. The van der Waals surface area contributed by atoms with E-state index in [1.54, 1.807) is 0 Å². The van der Waals surface area contributed by atoms with Crippen LogP contribution < -0.4 is 5.32 Å². The van der Waals surface area contributed by atoms with Crippen molar-refractivity contribution in [2.45, 2.75) is 43.1 Å². The normalized spacial score (nSPS) is 10.9. The Kier molecular flexibility index (Phi) is 5.06. The molecule has 0 fully saturated rings. The molecule has 0 unspecified atom stereocenters. The molecule has 0 saturated heterocycles. The van der Waals surface area contributed by atoms with Crippen LogP contribution in [0.2, 0.25) is 0 Å². The Labute approximate surface area is 120 Å². The van der Waals surface area contributed by atoms with E-state index in [1.165, 1.54) is 20.9 Å². The largest absolute Gasteiger partial charge is 0.310 e. The van der Waals surface area contributed by atoms with Gasteiger partial charge in [-0.2, -0.15) is 0 Å². The number of benzene rings is 2. The standard InChI is InChI=1S/C17H21NS/c1-13(2)18-12-15-11-14(3)9-10-17(15)19-16-7-5-4-6-8-16/h4-11,13,18H,12H2,1-3H3. The molecule has 0 radical (unpaired) electrons. The van der Waals surface area contributed by atoms with Gasteiger partial charge in [0.25, 0.3) is 0 Å². The lowest BCUT2D eigenvalue weighted by Crippen LogP contribution is -2.22. The quantitative estimate of drug-likeness (QED) is 0.850. The minimum atomic E-state index is 0.509. The second-order valence-electron chi connectivity index (χ2n) is 5.06. The maximum absolute atomic E-state index is 3.50. The van der Waals surface area contributed by atoms with E-state index in [0.29, 0.717) is 6.04 Å². The Morgan fingerprint density at radius 1 is 1.05 bits per heavy atom. The predicted molar refractivity (Wildman–Crippen MR) is 83.7 cm³/mol. The minimum Gasteiger partial charge on any atom is -0.310 e. The third kappa shape index (κ3) is 4.41. The highest BCUT2D eigenvalue weighted by molar-refractivity contribution is 7.99. The average molecular weight is 271 g/mol. The van der Waals surface area contributed by atoms with Crippen molar-refractivity contribution < 1.29 is 0 Å². The fourth-order valence-corrected chi connectivity index (χ4v) is 2.82. The lowest BCUT2D eigenvalue weighted by Gasteiger charge is -2.13. The molecule has 2 aromatic carbocycles. The molecule has 0 saturated carbocycles. The summed E-state index contributed by atoms with van der Waals surface area (Å²) >= 11 is 1.83. The maximum atomic E-state index is 3.50. The molecule has 0 aliphatic heterocycles. The third-order valence-electron chi connectivity index (χ3n) is 2.89. The zero-order valence-electron chi connectivity index (χ0n) is 11.8.